The number of carbonyl (C=O) groups is 2. The highest BCUT2D eigenvalue weighted by atomic mass is 16.2. The first-order chi connectivity index (χ1) is 13.1. The molecule has 0 aromatic heterocycles. The molecule has 0 bridgehead atoms. The van der Waals surface area contributed by atoms with Gasteiger partial charge < -0.3 is 11.1 Å². The fourth-order valence-electron chi connectivity index (χ4n) is 3.80. The normalized spacial score (nSPS) is 17.1. The van der Waals surface area contributed by atoms with E-state index in [1.165, 1.54) is 0 Å². The largest absolute Gasteiger partial charge is 0.366 e. The van der Waals surface area contributed by atoms with Crippen LogP contribution in [-0.2, 0) is 10.2 Å². The molecular weight excluding hydrogens is 336 g/mol. The summed E-state index contributed by atoms with van der Waals surface area (Å²) < 4.78 is 0. The van der Waals surface area contributed by atoms with Crippen molar-refractivity contribution in [2.24, 2.45) is 11.7 Å². The summed E-state index contributed by atoms with van der Waals surface area (Å²) in [6, 6.07) is 27.0. The minimum absolute atomic E-state index is 0.0190. The van der Waals surface area contributed by atoms with Crippen LogP contribution in [0.1, 0.15) is 27.9 Å². The van der Waals surface area contributed by atoms with E-state index in [0.717, 1.165) is 17.5 Å². The van der Waals surface area contributed by atoms with Gasteiger partial charge in [0.25, 0.3) is 0 Å². The van der Waals surface area contributed by atoms with Gasteiger partial charge in [-0.3, -0.25) is 9.59 Å². The first kappa shape index (κ1) is 17.0. The van der Waals surface area contributed by atoms with Gasteiger partial charge in [0.2, 0.25) is 11.8 Å². The first-order valence-corrected chi connectivity index (χ1v) is 8.93. The van der Waals surface area contributed by atoms with E-state index < -0.39 is 5.91 Å². The van der Waals surface area contributed by atoms with Gasteiger partial charge in [0, 0.05) is 16.7 Å². The Kier molecular flexibility index (Phi) is 4.24. The zero-order chi connectivity index (χ0) is 18.9. The lowest BCUT2D eigenvalue weighted by Gasteiger charge is -2.19. The van der Waals surface area contributed by atoms with E-state index in [4.69, 9.17) is 5.73 Å². The van der Waals surface area contributed by atoms with Gasteiger partial charge in [0.15, 0.2) is 0 Å². The maximum Gasteiger partial charge on any atom is 0.248 e. The Morgan fingerprint density at radius 3 is 1.81 bits per heavy atom. The molecule has 27 heavy (non-hydrogen) atoms. The average Bonchev–Trinajstić information content (AvgIpc) is 3.47. The number of hydrogen-bond donors (Lipinski definition) is 2. The number of rotatable bonds is 5. The van der Waals surface area contributed by atoms with Gasteiger partial charge in [0.05, 0.1) is 5.92 Å². The third-order valence-electron chi connectivity index (χ3n) is 5.29. The van der Waals surface area contributed by atoms with Crippen molar-refractivity contribution in [3.05, 3.63) is 102 Å². The number of nitrogens with one attached hydrogen (secondary N) is 1. The molecule has 3 N–H and O–H groups in total. The Balaban J connectivity index is 1.60. The van der Waals surface area contributed by atoms with Crippen LogP contribution in [-0.4, -0.2) is 11.8 Å². The molecular formula is C23H20N2O2. The predicted molar refractivity (Wildman–Crippen MR) is 105 cm³/mol. The van der Waals surface area contributed by atoms with Crippen molar-refractivity contribution in [1.29, 1.82) is 0 Å². The molecule has 0 radical (unpaired) electrons. The molecule has 4 rings (SSSR count). The summed E-state index contributed by atoms with van der Waals surface area (Å²) in [4.78, 5) is 24.1. The van der Waals surface area contributed by atoms with Crippen molar-refractivity contribution in [2.45, 2.75) is 11.8 Å². The van der Waals surface area contributed by atoms with Crippen molar-refractivity contribution >= 4 is 17.5 Å². The number of amides is 2. The molecule has 3 aromatic carbocycles. The van der Waals surface area contributed by atoms with Gasteiger partial charge in [0.1, 0.15) is 0 Å². The molecule has 0 heterocycles. The maximum atomic E-state index is 13.0. The molecule has 1 saturated carbocycles. The van der Waals surface area contributed by atoms with Gasteiger partial charge in [-0.15, -0.1) is 0 Å². The van der Waals surface area contributed by atoms with Crippen LogP contribution in [0.15, 0.2) is 84.9 Å². The van der Waals surface area contributed by atoms with E-state index in [0.29, 0.717) is 11.3 Å². The van der Waals surface area contributed by atoms with E-state index in [1.807, 2.05) is 36.4 Å². The molecule has 3 aromatic rings. The Morgan fingerprint density at radius 2 is 1.33 bits per heavy atom. The molecule has 2 amide bonds. The first-order valence-electron chi connectivity index (χ1n) is 8.93. The quantitative estimate of drug-likeness (QED) is 0.731. The molecule has 0 spiro atoms. The number of primary amides is 1. The topological polar surface area (TPSA) is 72.2 Å². The Labute approximate surface area is 158 Å². The minimum atomic E-state index is -0.484. The van der Waals surface area contributed by atoms with Gasteiger partial charge in [-0.25, -0.2) is 0 Å². The van der Waals surface area contributed by atoms with E-state index in [9.17, 15) is 9.59 Å². The van der Waals surface area contributed by atoms with Crippen molar-refractivity contribution in [3.8, 4) is 0 Å². The maximum absolute atomic E-state index is 13.0. The summed E-state index contributed by atoms with van der Waals surface area (Å²) in [5.41, 5.74) is 8.35. The van der Waals surface area contributed by atoms with Crippen LogP contribution in [0, 0.1) is 5.92 Å². The Morgan fingerprint density at radius 1 is 0.815 bits per heavy atom. The van der Waals surface area contributed by atoms with Gasteiger partial charge in [-0.05, 0) is 41.8 Å². The van der Waals surface area contributed by atoms with E-state index in [-0.39, 0.29) is 17.2 Å². The average molecular weight is 356 g/mol. The van der Waals surface area contributed by atoms with Gasteiger partial charge in [-0.1, -0.05) is 60.7 Å². The van der Waals surface area contributed by atoms with Gasteiger partial charge in [-0.2, -0.15) is 0 Å². The van der Waals surface area contributed by atoms with Crippen molar-refractivity contribution < 1.29 is 9.59 Å². The second-order valence-corrected chi connectivity index (χ2v) is 6.89. The lowest BCUT2D eigenvalue weighted by Crippen LogP contribution is -2.22. The summed E-state index contributed by atoms with van der Waals surface area (Å²) >= 11 is 0. The van der Waals surface area contributed by atoms with E-state index in [2.05, 4.69) is 29.6 Å². The Hall–Kier alpha value is -3.40. The third-order valence-corrected chi connectivity index (χ3v) is 5.29. The van der Waals surface area contributed by atoms with E-state index in [1.54, 1.807) is 24.3 Å². The number of nitrogens with two attached hydrogens (primary N) is 1. The van der Waals surface area contributed by atoms with Crippen LogP contribution in [0.25, 0.3) is 0 Å². The highest BCUT2D eigenvalue weighted by Crippen LogP contribution is 2.59. The lowest BCUT2D eigenvalue weighted by atomic mass is 9.85. The summed E-state index contributed by atoms with van der Waals surface area (Å²) in [5.74, 6) is -0.644. The molecule has 1 aliphatic rings. The molecule has 0 aliphatic heterocycles. The predicted octanol–water partition coefficient (Wildman–Crippen LogP) is 3.73. The van der Waals surface area contributed by atoms with Crippen LogP contribution < -0.4 is 11.1 Å². The summed E-state index contributed by atoms with van der Waals surface area (Å²) in [6.07, 6.45) is 0.770. The summed E-state index contributed by atoms with van der Waals surface area (Å²) in [7, 11) is 0. The molecule has 134 valence electrons. The molecule has 1 aliphatic carbocycles. The monoisotopic (exact) mass is 356 g/mol. The zero-order valence-electron chi connectivity index (χ0n) is 14.8. The highest BCUT2D eigenvalue weighted by molar-refractivity contribution is 5.98. The number of hydrogen-bond acceptors (Lipinski definition) is 2. The van der Waals surface area contributed by atoms with Crippen molar-refractivity contribution in [1.82, 2.24) is 0 Å². The van der Waals surface area contributed by atoms with Crippen LogP contribution >= 0.6 is 0 Å². The lowest BCUT2D eigenvalue weighted by molar-refractivity contribution is -0.117. The van der Waals surface area contributed by atoms with Crippen molar-refractivity contribution in [2.75, 3.05) is 5.32 Å². The number of carbonyl (C=O) groups excluding carboxylic acids is 2. The second-order valence-electron chi connectivity index (χ2n) is 6.89. The summed E-state index contributed by atoms with van der Waals surface area (Å²) in [5, 5.41) is 2.97. The summed E-state index contributed by atoms with van der Waals surface area (Å²) in [6.45, 7) is 0. The molecule has 1 fully saturated rings. The fraction of sp³-hybridized carbons (Fsp3) is 0.130. The standard InChI is InChI=1S/C23H20N2O2/c24-21(26)16-11-13-19(14-12-16)25-22(27)20-15-23(20,17-7-3-1-4-8-17)18-9-5-2-6-10-18/h1-14,20H,15H2,(H2,24,26)(H,25,27)/t20-/m1/s1. The number of benzene rings is 3. The smallest absolute Gasteiger partial charge is 0.248 e. The van der Waals surface area contributed by atoms with Crippen LogP contribution in [0.2, 0.25) is 0 Å². The molecule has 4 heteroatoms. The van der Waals surface area contributed by atoms with Gasteiger partial charge >= 0.3 is 0 Å². The highest BCUT2D eigenvalue weighted by Gasteiger charge is 2.60. The van der Waals surface area contributed by atoms with Crippen LogP contribution in [0.3, 0.4) is 0 Å². The minimum Gasteiger partial charge on any atom is -0.366 e. The number of anilines is 1. The van der Waals surface area contributed by atoms with Crippen LogP contribution in [0.4, 0.5) is 5.69 Å². The zero-order valence-corrected chi connectivity index (χ0v) is 14.8. The third kappa shape index (κ3) is 3.10. The van der Waals surface area contributed by atoms with Crippen molar-refractivity contribution in [3.63, 3.8) is 0 Å². The fourth-order valence-corrected chi connectivity index (χ4v) is 3.80. The molecule has 0 saturated heterocycles. The second kappa shape index (κ2) is 6.72. The molecule has 0 unspecified atom stereocenters. The van der Waals surface area contributed by atoms with Crippen LogP contribution in [0.5, 0.6) is 0 Å². The SMILES string of the molecule is NC(=O)c1ccc(NC(=O)[C@H]2CC2(c2ccccc2)c2ccccc2)cc1. The molecule has 1 atom stereocenters. The molecule has 4 nitrogen and oxygen atoms in total. The Bertz CT molecular complexity index is 927. The van der Waals surface area contributed by atoms with E-state index >= 15 is 0 Å².